The van der Waals surface area contributed by atoms with E-state index in [9.17, 15) is 0 Å². The predicted molar refractivity (Wildman–Crippen MR) is 334 cm³/mol. The van der Waals surface area contributed by atoms with Crippen LogP contribution in [0.25, 0.3) is 66.2 Å². The van der Waals surface area contributed by atoms with Gasteiger partial charge in [-0.05, 0) is 179 Å². The van der Waals surface area contributed by atoms with Crippen LogP contribution in [0.4, 0.5) is 51.6 Å². The molecule has 82 heavy (non-hydrogen) atoms. The summed E-state index contributed by atoms with van der Waals surface area (Å²) in [5.41, 5.74) is 15.4. The number of hydrogen-bond donors (Lipinski definition) is 0. The molecule has 3 aliphatic rings. The van der Waals surface area contributed by atoms with E-state index in [1.807, 2.05) is 128 Å². The molecule has 9 aromatic heterocycles. The van der Waals surface area contributed by atoms with Crippen molar-refractivity contribution in [1.29, 1.82) is 0 Å². The summed E-state index contributed by atoms with van der Waals surface area (Å²) in [4.78, 5) is 39.6. The number of benzene rings is 3. The molecular formula is C67H68N12O3. The Bertz CT molecular complexity index is 4250. The van der Waals surface area contributed by atoms with Gasteiger partial charge in [0.15, 0.2) is 34.2 Å². The molecule has 0 bridgehead atoms. The molecule has 0 N–H and O–H groups in total. The van der Waals surface area contributed by atoms with Gasteiger partial charge >= 0.3 is 0 Å². The number of furan rings is 3. The predicted octanol–water partition coefficient (Wildman–Crippen LogP) is 16.3. The molecule has 0 amide bonds. The Morgan fingerprint density at radius 3 is 1.07 bits per heavy atom. The average Bonchev–Trinajstić information content (AvgIpc) is 1.63. The molecule has 15 nitrogen and oxygen atoms in total. The molecule has 0 aliphatic carbocycles. The van der Waals surface area contributed by atoms with Gasteiger partial charge in [0, 0.05) is 91.1 Å². The largest absolute Gasteiger partial charge is 0.435 e. The quantitative estimate of drug-likeness (QED) is 0.162. The highest BCUT2D eigenvalue weighted by Gasteiger charge is 2.41. The van der Waals surface area contributed by atoms with Gasteiger partial charge in [0.25, 0.3) is 0 Å². The Hall–Kier alpha value is -9.24. The lowest BCUT2D eigenvalue weighted by molar-refractivity contribution is 0.601. The SMILES string of the molecule is [2H]C(C)(C)N1c2cccnc2N(c2c(C)ccc3c2oc2nc(C)ccc23)C1C.[2H]C(C)(C)N1c2cccnc2N(c2c(C)ccc3c2oc2nc(C)ccc23)C1C.[2H]C([2H])([2H])N1c2cccnc2N(c2c(C)ccc3c2oc2nc(C)ccc23)C1C. The third-order valence-electron chi connectivity index (χ3n) is 16.2. The fourth-order valence-electron chi connectivity index (χ4n) is 12.5. The highest BCUT2D eigenvalue weighted by atomic mass is 16.3. The normalized spacial score (nSPS) is 17.9. The number of aryl methyl sites for hydroxylation is 6. The molecule has 12 aromatic rings. The lowest BCUT2D eigenvalue weighted by atomic mass is 10.1. The van der Waals surface area contributed by atoms with Crippen LogP contribution in [0.1, 0.15) is 89.1 Å². The van der Waals surface area contributed by atoms with Crippen LogP contribution < -0.4 is 29.4 Å². The molecule has 12 heterocycles. The van der Waals surface area contributed by atoms with E-state index >= 15 is 0 Å². The molecule has 0 saturated heterocycles. The second-order valence-corrected chi connectivity index (χ2v) is 22.1. The van der Waals surface area contributed by atoms with Crippen molar-refractivity contribution in [2.24, 2.45) is 0 Å². The van der Waals surface area contributed by atoms with Crippen LogP contribution in [0.5, 0.6) is 0 Å². The number of pyridine rings is 6. The van der Waals surface area contributed by atoms with Crippen LogP contribution in [0.2, 0.25) is 0 Å². The van der Waals surface area contributed by atoms with Crippen molar-refractivity contribution in [3.8, 4) is 0 Å². The fourth-order valence-corrected chi connectivity index (χ4v) is 12.5. The van der Waals surface area contributed by atoms with Crippen molar-refractivity contribution >= 4 is 118 Å². The van der Waals surface area contributed by atoms with Gasteiger partial charge in [-0.25, -0.2) is 29.9 Å². The summed E-state index contributed by atoms with van der Waals surface area (Å²) in [6, 6.07) is 34.5. The first-order valence-electron chi connectivity index (χ1n) is 30.3. The molecule has 15 heteroatoms. The van der Waals surface area contributed by atoms with E-state index in [1.165, 1.54) is 4.90 Å². The maximum absolute atomic E-state index is 8.71. The third-order valence-corrected chi connectivity index (χ3v) is 16.2. The lowest BCUT2D eigenvalue weighted by Crippen LogP contribution is -2.42. The third kappa shape index (κ3) is 8.13. The zero-order chi connectivity index (χ0) is 61.5. The molecule has 3 aliphatic heterocycles. The van der Waals surface area contributed by atoms with Gasteiger partial charge in [-0.1, -0.05) is 36.4 Å². The van der Waals surface area contributed by atoms with Crippen molar-refractivity contribution < 1.29 is 20.1 Å². The van der Waals surface area contributed by atoms with Gasteiger partial charge in [-0.15, -0.1) is 0 Å². The van der Waals surface area contributed by atoms with Crippen LogP contribution in [-0.4, -0.2) is 67.4 Å². The van der Waals surface area contributed by atoms with Crippen LogP contribution in [0, 0.1) is 41.5 Å². The molecule has 414 valence electrons. The highest BCUT2D eigenvalue weighted by Crippen LogP contribution is 2.51. The Balaban J connectivity index is 0.000000121. The Kier molecular flexibility index (Phi) is 11.2. The van der Waals surface area contributed by atoms with Crippen molar-refractivity contribution in [2.45, 2.75) is 121 Å². The lowest BCUT2D eigenvalue weighted by Gasteiger charge is -2.33. The van der Waals surface area contributed by atoms with Gasteiger partial charge in [0.05, 0.1) is 36.9 Å². The van der Waals surface area contributed by atoms with E-state index in [-0.39, 0.29) is 12.3 Å². The number of nitrogens with zero attached hydrogens (tertiary/aromatic N) is 12. The molecule has 3 aromatic carbocycles. The van der Waals surface area contributed by atoms with E-state index in [4.69, 9.17) is 30.1 Å². The smallest absolute Gasteiger partial charge is 0.227 e. The highest BCUT2D eigenvalue weighted by molar-refractivity contribution is 6.12. The summed E-state index contributed by atoms with van der Waals surface area (Å²) in [7, 11) is 0. The van der Waals surface area contributed by atoms with E-state index in [1.54, 1.807) is 30.7 Å². The topological polar surface area (TPSA) is 136 Å². The van der Waals surface area contributed by atoms with Crippen LogP contribution in [0.3, 0.4) is 0 Å². The number of rotatable bonds is 5. The minimum atomic E-state index is -2.29. The van der Waals surface area contributed by atoms with Crippen molar-refractivity contribution in [3.05, 3.63) is 162 Å². The molecule has 3 atom stereocenters. The zero-order valence-corrected chi connectivity index (χ0v) is 48.4. The number of anilines is 9. The molecule has 15 rings (SSSR count). The molecule has 3 unspecified atom stereocenters. The second-order valence-electron chi connectivity index (χ2n) is 22.1. The minimum Gasteiger partial charge on any atom is -0.435 e. The molecule has 0 radical (unpaired) electrons. The van der Waals surface area contributed by atoms with Crippen molar-refractivity contribution in [1.82, 2.24) is 29.9 Å². The molecule has 0 saturated carbocycles. The summed E-state index contributed by atoms with van der Waals surface area (Å²) >= 11 is 0. The van der Waals surface area contributed by atoms with Gasteiger partial charge in [-0.2, -0.15) is 0 Å². The molecule has 0 fully saturated rings. The van der Waals surface area contributed by atoms with Gasteiger partial charge < -0.3 is 42.7 Å². The zero-order valence-electron chi connectivity index (χ0n) is 53.4. The summed E-state index contributed by atoms with van der Waals surface area (Å²) in [5.74, 6) is 2.30. The Morgan fingerprint density at radius 1 is 0.415 bits per heavy atom. The average molecular weight is 1090 g/mol. The Labute approximate surface area is 484 Å². The minimum absolute atomic E-state index is 0.0837. The Morgan fingerprint density at radius 2 is 0.732 bits per heavy atom. The summed E-state index contributed by atoms with van der Waals surface area (Å²) in [6.07, 6.45) is 4.66. The van der Waals surface area contributed by atoms with E-state index in [0.29, 0.717) is 34.2 Å². The van der Waals surface area contributed by atoms with Crippen LogP contribution in [0.15, 0.2) is 141 Å². The van der Waals surface area contributed by atoms with Gasteiger partial charge in [-0.3, -0.25) is 0 Å². The molecular weight excluding hydrogens is 1020 g/mol. The summed E-state index contributed by atoms with van der Waals surface area (Å²) in [5, 5.41) is 6.00. The van der Waals surface area contributed by atoms with Gasteiger partial charge in [0.2, 0.25) is 17.1 Å². The van der Waals surface area contributed by atoms with Crippen molar-refractivity contribution in [3.63, 3.8) is 0 Å². The first-order valence-corrected chi connectivity index (χ1v) is 27.8. The number of aromatic nitrogens is 6. The van der Waals surface area contributed by atoms with Crippen molar-refractivity contribution in [2.75, 3.05) is 36.4 Å². The van der Waals surface area contributed by atoms with E-state index in [0.717, 1.165) is 117 Å². The number of hydrogen-bond acceptors (Lipinski definition) is 15. The first kappa shape index (κ1) is 46.5. The maximum atomic E-state index is 8.71. The molecule has 0 spiro atoms. The van der Waals surface area contributed by atoms with Crippen LogP contribution >= 0.6 is 0 Å². The second kappa shape index (κ2) is 19.8. The monoisotopic (exact) mass is 1090 g/mol. The van der Waals surface area contributed by atoms with Gasteiger partial charge in [0.1, 0.15) is 18.5 Å². The maximum Gasteiger partial charge on any atom is 0.227 e. The fraction of sp³-hybridized carbons (Fsp3) is 0.284. The van der Waals surface area contributed by atoms with E-state index < -0.39 is 25.2 Å². The standard InChI is InChI=1S/2C23H24N4O.C21H20N4O/c2*1-13(2)26-16(5)27(22-19(26)7-6-12-24-22)20-14(3)8-10-17-18-11-9-15(4)25-23(18)28-21(17)20;1-12-7-9-15-16-10-8-13(2)23-21(16)26-19(15)18(12)25-14(3)24(4)17-6-5-11-22-20(17)25/h2*6-13,16H,1-5H3;5-11,14H,1-4H3/i2*13D;4D3. The van der Waals surface area contributed by atoms with E-state index in [2.05, 4.69) is 104 Å². The number of fused-ring (bicyclic) bond motifs is 12. The summed E-state index contributed by atoms with van der Waals surface area (Å²) < 4.78 is 60.3. The van der Waals surface area contributed by atoms with Crippen LogP contribution in [-0.2, 0) is 0 Å². The first-order chi connectivity index (χ1) is 41.3. The summed E-state index contributed by atoms with van der Waals surface area (Å²) in [6.45, 7) is 23.5.